The van der Waals surface area contributed by atoms with Crippen LogP contribution in [-0.2, 0) is 11.0 Å². The third kappa shape index (κ3) is 4.58. The summed E-state index contributed by atoms with van der Waals surface area (Å²) in [5, 5.41) is 7.09. The van der Waals surface area contributed by atoms with Crippen molar-refractivity contribution in [2.45, 2.75) is 6.18 Å². The van der Waals surface area contributed by atoms with Gasteiger partial charge in [0.15, 0.2) is 6.61 Å². The van der Waals surface area contributed by atoms with Crippen molar-refractivity contribution in [3.05, 3.63) is 83.0 Å². The van der Waals surface area contributed by atoms with Gasteiger partial charge in [-0.3, -0.25) is 4.79 Å². The number of halogens is 3. The van der Waals surface area contributed by atoms with Gasteiger partial charge in [0.25, 0.3) is 5.91 Å². The first-order valence-electron chi connectivity index (χ1n) is 8.97. The monoisotopic (exact) mass is 429 g/mol. The predicted octanol–water partition coefficient (Wildman–Crippen LogP) is 4.02. The number of hydrogen-bond acceptors (Lipinski definition) is 5. The number of aromatic nitrogens is 2. The fraction of sp³-hybridized carbons (Fsp3) is 0.0952. The second-order valence-corrected chi connectivity index (χ2v) is 6.47. The number of carbonyl (C=O) groups excluding carboxylic acids is 1. The molecular weight excluding hydrogens is 415 g/mol. The normalized spacial score (nSPS) is 11.5. The fourth-order valence-electron chi connectivity index (χ4n) is 2.89. The molecule has 0 radical (unpaired) electrons. The molecule has 0 unspecified atom stereocenters. The van der Waals surface area contributed by atoms with Gasteiger partial charge in [0.1, 0.15) is 11.3 Å². The van der Waals surface area contributed by atoms with Crippen LogP contribution in [0, 0.1) is 0 Å². The molecule has 0 fully saturated rings. The van der Waals surface area contributed by atoms with Gasteiger partial charge in [0.05, 0.1) is 16.9 Å². The number of alkyl halides is 3. The molecule has 0 atom stereocenters. The Hall–Kier alpha value is -4.08. The maximum absolute atomic E-state index is 13.1. The van der Waals surface area contributed by atoms with E-state index in [9.17, 15) is 22.8 Å². The highest BCUT2D eigenvalue weighted by molar-refractivity contribution is 5.94. The molecule has 2 aromatic carbocycles. The topological polar surface area (TPSA) is 86.4 Å². The van der Waals surface area contributed by atoms with Crippen LogP contribution < -0.4 is 15.7 Å². The molecule has 0 aliphatic rings. The Balaban J connectivity index is 1.53. The standard InChI is InChI=1S/C21H14F3N3O4/c22-21(23,24)14-4-6-17(27-9-1-8-25-27)16(10-14)26-19(28)12-30-15-5-2-13-3-7-20(29)31-18(13)11-15/h1-11H,12H2,(H,26,28). The smallest absolute Gasteiger partial charge is 0.416 e. The van der Waals surface area contributed by atoms with Gasteiger partial charge >= 0.3 is 11.8 Å². The maximum Gasteiger partial charge on any atom is 0.416 e. The Bertz CT molecular complexity index is 1300. The number of nitrogens with one attached hydrogen (secondary N) is 1. The van der Waals surface area contributed by atoms with E-state index >= 15 is 0 Å². The van der Waals surface area contributed by atoms with Gasteiger partial charge in [-0.05, 0) is 42.5 Å². The number of anilines is 1. The highest BCUT2D eigenvalue weighted by Gasteiger charge is 2.31. The summed E-state index contributed by atoms with van der Waals surface area (Å²) in [6.07, 6.45) is -1.57. The predicted molar refractivity (Wildman–Crippen MR) is 105 cm³/mol. The van der Waals surface area contributed by atoms with E-state index in [-0.39, 0.29) is 22.7 Å². The highest BCUT2D eigenvalue weighted by atomic mass is 19.4. The van der Waals surface area contributed by atoms with Gasteiger partial charge in [-0.1, -0.05) is 0 Å². The summed E-state index contributed by atoms with van der Waals surface area (Å²) >= 11 is 0. The summed E-state index contributed by atoms with van der Waals surface area (Å²) in [7, 11) is 0. The van der Waals surface area contributed by atoms with Crippen molar-refractivity contribution in [2.75, 3.05) is 11.9 Å². The van der Waals surface area contributed by atoms with Crippen molar-refractivity contribution >= 4 is 22.6 Å². The van der Waals surface area contributed by atoms with Crippen molar-refractivity contribution in [3.63, 3.8) is 0 Å². The van der Waals surface area contributed by atoms with Gasteiger partial charge in [-0.2, -0.15) is 18.3 Å². The number of carbonyl (C=O) groups is 1. The van der Waals surface area contributed by atoms with Crippen LogP contribution in [0.15, 0.2) is 76.2 Å². The first-order valence-corrected chi connectivity index (χ1v) is 8.97. The second kappa shape index (κ2) is 7.98. The van der Waals surface area contributed by atoms with Crippen LogP contribution in [0.5, 0.6) is 5.75 Å². The summed E-state index contributed by atoms with van der Waals surface area (Å²) in [6, 6.07) is 12.1. The lowest BCUT2D eigenvalue weighted by atomic mass is 10.1. The third-order valence-electron chi connectivity index (χ3n) is 4.31. The molecule has 0 aliphatic carbocycles. The maximum atomic E-state index is 13.1. The Morgan fingerprint density at radius 3 is 2.68 bits per heavy atom. The van der Waals surface area contributed by atoms with E-state index in [1.165, 1.54) is 35.3 Å². The Labute approximate surface area is 172 Å². The number of rotatable bonds is 5. The average molecular weight is 429 g/mol. The highest BCUT2D eigenvalue weighted by Crippen LogP contribution is 2.33. The molecule has 1 N–H and O–H groups in total. The molecule has 10 heteroatoms. The number of amides is 1. The van der Waals surface area contributed by atoms with E-state index in [0.29, 0.717) is 5.39 Å². The van der Waals surface area contributed by atoms with Crippen LogP contribution in [0.25, 0.3) is 16.7 Å². The molecule has 2 aromatic heterocycles. The fourth-order valence-corrected chi connectivity index (χ4v) is 2.89. The summed E-state index contributed by atoms with van der Waals surface area (Å²) < 4.78 is 51.1. The Kier molecular flexibility index (Phi) is 5.20. The lowest BCUT2D eigenvalue weighted by Crippen LogP contribution is -2.21. The van der Waals surface area contributed by atoms with Crippen molar-refractivity contribution in [2.24, 2.45) is 0 Å². The van der Waals surface area contributed by atoms with E-state index in [4.69, 9.17) is 9.15 Å². The SMILES string of the molecule is O=C(COc1ccc2ccc(=O)oc2c1)Nc1cc(C(F)(F)F)ccc1-n1cccn1. The van der Waals surface area contributed by atoms with E-state index in [0.717, 1.165) is 12.1 Å². The largest absolute Gasteiger partial charge is 0.484 e. The summed E-state index contributed by atoms with van der Waals surface area (Å²) in [6.45, 7) is -0.475. The van der Waals surface area contributed by atoms with Crippen LogP contribution in [0.4, 0.5) is 18.9 Å². The number of hydrogen-bond donors (Lipinski definition) is 1. The third-order valence-corrected chi connectivity index (χ3v) is 4.31. The average Bonchev–Trinajstić information content (AvgIpc) is 3.26. The van der Waals surface area contributed by atoms with Crippen LogP contribution >= 0.6 is 0 Å². The molecule has 31 heavy (non-hydrogen) atoms. The van der Waals surface area contributed by atoms with Crippen LogP contribution in [-0.4, -0.2) is 22.3 Å². The summed E-state index contributed by atoms with van der Waals surface area (Å²) in [4.78, 5) is 23.7. The minimum atomic E-state index is -4.58. The molecule has 2 heterocycles. The van der Waals surface area contributed by atoms with Gasteiger partial charge < -0.3 is 14.5 Å². The molecule has 0 spiro atoms. The van der Waals surface area contributed by atoms with E-state index in [1.54, 1.807) is 24.3 Å². The molecule has 0 saturated carbocycles. The van der Waals surface area contributed by atoms with Crippen molar-refractivity contribution < 1.29 is 27.1 Å². The molecule has 0 saturated heterocycles. The molecule has 0 bridgehead atoms. The number of fused-ring (bicyclic) bond motifs is 1. The Morgan fingerprint density at radius 1 is 1.13 bits per heavy atom. The van der Waals surface area contributed by atoms with Gasteiger partial charge in [0, 0.05) is 29.9 Å². The van der Waals surface area contributed by atoms with E-state index < -0.39 is 29.9 Å². The zero-order valence-electron chi connectivity index (χ0n) is 15.7. The van der Waals surface area contributed by atoms with Crippen LogP contribution in [0.3, 0.4) is 0 Å². The molecule has 158 valence electrons. The number of benzene rings is 2. The minimum absolute atomic E-state index is 0.0726. The lowest BCUT2D eigenvalue weighted by Gasteiger charge is -2.15. The van der Waals surface area contributed by atoms with Gasteiger partial charge in [-0.15, -0.1) is 0 Å². The first-order chi connectivity index (χ1) is 14.8. The zero-order valence-corrected chi connectivity index (χ0v) is 15.7. The second-order valence-electron chi connectivity index (χ2n) is 6.47. The number of nitrogens with zero attached hydrogens (tertiary/aromatic N) is 2. The zero-order chi connectivity index (χ0) is 22.0. The van der Waals surface area contributed by atoms with Crippen LogP contribution in [0.1, 0.15) is 5.56 Å². The van der Waals surface area contributed by atoms with Gasteiger partial charge in [0.2, 0.25) is 0 Å². The first kappa shape index (κ1) is 20.2. The van der Waals surface area contributed by atoms with E-state index in [1.807, 2.05) is 0 Å². The molecule has 7 nitrogen and oxygen atoms in total. The summed E-state index contributed by atoms with van der Waals surface area (Å²) in [5.41, 5.74) is -0.970. The van der Waals surface area contributed by atoms with Crippen molar-refractivity contribution in [1.82, 2.24) is 9.78 Å². The van der Waals surface area contributed by atoms with E-state index in [2.05, 4.69) is 10.4 Å². The molecule has 4 aromatic rings. The molecule has 0 aliphatic heterocycles. The molecular formula is C21H14F3N3O4. The number of ether oxygens (including phenoxy) is 1. The minimum Gasteiger partial charge on any atom is -0.484 e. The van der Waals surface area contributed by atoms with Crippen molar-refractivity contribution in [3.8, 4) is 11.4 Å². The van der Waals surface area contributed by atoms with Crippen LogP contribution in [0.2, 0.25) is 0 Å². The van der Waals surface area contributed by atoms with Crippen molar-refractivity contribution in [1.29, 1.82) is 0 Å². The Morgan fingerprint density at radius 2 is 1.94 bits per heavy atom. The lowest BCUT2D eigenvalue weighted by molar-refractivity contribution is -0.137. The quantitative estimate of drug-likeness (QED) is 0.485. The summed E-state index contributed by atoms with van der Waals surface area (Å²) in [5.74, 6) is -0.421. The van der Waals surface area contributed by atoms with Gasteiger partial charge in [-0.25, -0.2) is 9.48 Å². The molecule has 1 amide bonds. The molecule has 4 rings (SSSR count).